The first kappa shape index (κ1) is 16.7. The van der Waals surface area contributed by atoms with Gasteiger partial charge in [0.25, 0.3) is 5.91 Å². The van der Waals surface area contributed by atoms with Crippen molar-refractivity contribution in [1.29, 1.82) is 0 Å². The molecule has 0 aliphatic carbocycles. The minimum atomic E-state index is -0.367. The van der Waals surface area contributed by atoms with Gasteiger partial charge in [-0.05, 0) is 30.3 Å². The van der Waals surface area contributed by atoms with E-state index in [-0.39, 0.29) is 5.91 Å². The average Bonchev–Trinajstić information content (AvgIpc) is 3.04. The SMILES string of the molecule is COc1ccc(Cl)cc1C(=O)Nc1nnc(-c2ccc(Cl)cc2)s1. The molecule has 0 atom stereocenters. The van der Waals surface area contributed by atoms with Gasteiger partial charge in [-0.15, -0.1) is 10.2 Å². The van der Waals surface area contributed by atoms with Crippen LogP contribution in [0.3, 0.4) is 0 Å². The minimum Gasteiger partial charge on any atom is -0.496 e. The summed E-state index contributed by atoms with van der Waals surface area (Å²) >= 11 is 13.1. The van der Waals surface area contributed by atoms with Crippen LogP contribution in [-0.4, -0.2) is 23.2 Å². The van der Waals surface area contributed by atoms with E-state index in [1.807, 2.05) is 12.1 Å². The lowest BCUT2D eigenvalue weighted by atomic mass is 10.2. The largest absolute Gasteiger partial charge is 0.496 e. The Hall–Kier alpha value is -2.15. The first-order valence-corrected chi connectivity index (χ1v) is 8.38. The van der Waals surface area contributed by atoms with Crippen LogP contribution in [0.15, 0.2) is 42.5 Å². The molecule has 0 unspecified atom stereocenters. The summed E-state index contributed by atoms with van der Waals surface area (Å²) in [5.74, 6) is 0.0625. The predicted octanol–water partition coefficient (Wildman–Crippen LogP) is 4.77. The van der Waals surface area contributed by atoms with Crippen molar-refractivity contribution >= 4 is 45.6 Å². The van der Waals surface area contributed by atoms with Crippen molar-refractivity contribution in [2.75, 3.05) is 12.4 Å². The Kier molecular flexibility index (Phi) is 4.99. The van der Waals surface area contributed by atoms with Gasteiger partial charge < -0.3 is 4.74 Å². The fourth-order valence-electron chi connectivity index (χ4n) is 2.00. The maximum atomic E-state index is 12.4. The molecular weight excluding hydrogens is 369 g/mol. The van der Waals surface area contributed by atoms with Crippen molar-refractivity contribution in [3.63, 3.8) is 0 Å². The second-order valence-electron chi connectivity index (χ2n) is 4.72. The van der Waals surface area contributed by atoms with Gasteiger partial charge in [-0.2, -0.15) is 0 Å². The van der Waals surface area contributed by atoms with E-state index in [2.05, 4.69) is 15.5 Å². The zero-order valence-corrected chi connectivity index (χ0v) is 14.7. The van der Waals surface area contributed by atoms with Gasteiger partial charge in [0.15, 0.2) is 0 Å². The van der Waals surface area contributed by atoms with E-state index in [0.717, 1.165) is 5.56 Å². The third-order valence-electron chi connectivity index (χ3n) is 3.14. The van der Waals surface area contributed by atoms with Gasteiger partial charge in [0.05, 0.1) is 12.7 Å². The summed E-state index contributed by atoms with van der Waals surface area (Å²) in [6, 6.07) is 12.1. The Labute approximate surface area is 152 Å². The quantitative estimate of drug-likeness (QED) is 0.708. The van der Waals surface area contributed by atoms with Gasteiger partial charge in [0, 0.05) is 15.6 Å². The summed E-state index contributed by atoms with van der Waals surface area (Å²) in [5.41, 5.74) is 1.20. The Morgan fingerprint density at radius 1 is 1.08 bits per heavy atom. The molecule has 8 heteroatoms. The van der Waals surface area contributed by atoms with Gasteiger partial charge in [0.2, 0.25) is 5.13 Å². The second-order valence-corrected chi connectivity index (χ2v) is 6.57. The molecule has 0 saturated carbocycles. The lowest BCUT2D eigenvalue weighted by Gasteiger charge is -2.07. The molecule has 0 fully saturated rings. The number of amides is 1. The van der Waals surface area contributed by atoms with Crippen molar-refractivity contribution < 1.29 is 9.53 Å². The van der Waals surface area contributed by atoms with Gasteiger partial charge >= 0.3 is 0 Å². The number of anilines is 1. The molecule has 1 aromatic heterocycles. The maximum Gasteiger partial charge on any atom is 0.261 e. The molecule has 0 spiro atoms. The number of methoxy groups -OCH3 is 1. The summed E-state index contributed by atoms with van der Waals surface area (Å²) < 4.78 is 5.18. The topological polar surface area (TPSA) is 64.1 Å². The number of hydrogen-bond donors (Lipinski definition) is 1. The molecule has 0 aliphatic heterocycles. The highest BCUT2D eigenvalue weighted by molar-refractivity contribution is 7.18. The highest BCUT2D eigenvalue weighted by Gasteiger charge is 2.15. The van der Waals surface area contributed by atoms with E-state index in [9.17, 15) is 4.79 Å². The number of nitrogens with zero attached hydrogens (tertiary/aromatic N) is 2. The number of ether oxygens (including phenoxy) is 1. The summed E-state index contributed by atoms with van der Waals surface area (Å²) in [6.45, 7) is 0. The minimum absolute atomic E-state index is 0.327. The van der Waals surface area contributed by atoms with Crippen molar-refractivity contribution in [1.82, 2.24) is 10.2 Å². The Bertz CT molecular complexity index is 881. The van der Waals surface area contributed by atoms with Crippen LogP contribution in [0.25, 0.3) is 10.6 Å². The van der Waals surface area contributed by atoms with Crippen LogP contribution in [-0.2, 0) is 0 Å². The van der Waals surface area contributed by atoms with Crippen LogP contribution in [0.1, 0.15) is 10.4 Å². The Morgan fingerprint density at radius 2 is 1.79 bits per heavy atom. The van der Waals surface area contributed by atoms with Crippen LogP contribution in [0.2, 0.25) is 10.0 Å². The monoisotopic (exact) mass is 379 g/mol. The molecule has 0 aliphatic rings. The third-order valence-corrected chi connectivity index (χ3v) is 4.52. The number of carbonyl (C=O) groups is 1. The van der Waals surface area contributed by atoms with E-state index in [1.54, 1.807) is 24.3 Å². The molecular formula is C16H11Cl2N3O2S. The molecule has 3 aromatic rings. The maximum absolute atomic E-state index is 12.4. The predicted molar refractivity (Wildman–Crippen MR) is 96.3 cm³/mol. The average molecular weight is 380 g/mol. The zero-order chi connectivity index (χ0) is 17.1. The Balaban J connectivity index is 1.81. The molecule has 24 heavy (non-hydrogen) atoms. The summed E-state index contributed by atoms with van der Waals surface area (Å²) in [7, 11) is 1.49. The molecule has 1 amide bonds. The van der Waals surface area contributed by atoms with Crippen molar-refractivity contribution in [2.24, 2.45) is 0 Å². The molecule has 0 radical (unpaired) electrons. The van der Waals surface area contributed by atoms with Crippen molar-refractivity contribution in [3.8, 4) is 16.3 Å². The molecule has 1 heterocycles. The van der Waals surface area contributed by atoms with Crippen molar-refractivity contribution in [2.45, 2.75) is 0 Å². The van der Waals surface area contributed by atoms with Crippen LogP contribution < -0.4 is 10.1 Å². The number of benzene rings is 2. The molecule has 0 saturated heterocycles. The van der Waals surface area contributed by atoms with Crippen LogP contribution in [0.4, 0.5) is 5.13 Å². The highest BCUT2D eigenvalue weighted by atomic mass is 35.5. The first-order chi connectivity index (χ1) is 11.6. The molecule has 122 valence electrons. The zero-order valence-electron chi connectivity index (χ0n) is 12.4. The number of nitrogens with one attached hydrogen (secondary N) is 1. The number of halogens is 2. The lowest BCUT2D eigenvalue weighted by Crippen LogP contribution is -2.13. The number of hydrogen-bond acceptors (Lipinski definition) is 5. The fourth-order valence-corrected chi connectivity index (χ4v) is 3.05. The smallest absolute Gasteiger partial charge is 0.261 e. The number of carbonyl (C=O) groups excluding carboxylic acids is 1. The molecule has 1 N–H and O–H groups in total. The molecule has 3 rings (SSSR count). The third kappa shape index (κ3) is 3.67. The molecule has 0 bridgehead atoms. The lowest BCUT2D eigenvalue weighted by molar-refractivity contribution is 0.102. The summed E-state index contributed by atoms with van der Waals surface area (Å²) in [5, 5.41) is 12.9. The number of aromatic nitrogens is 2. The first-order valence-electron chi connectivity index (χ1n) is 6.81. The van der Waals surface area contributed by atoms with Gasteiger partial charge in [-0.25, -0.2) is 0 Å². The molecule has 5 nitrogen and oxygen atoms in total. The van der Waals surface area contributed by atoms with E-state index in [1.165, 1.54) is 24.5 Å². The van der Waals surface area contributed by atoms with Gasteiger partial charge in [0.1, 0.15) is 10.8 Å². The van der Waals surface area contributed by atoms with E-state index in [4.69, 9.17) is 27.9 Å². The number of rotatable bonds is 4. The Morgan fingerprint density at radius 3 is 2.50 bits per heavy atom. The van der Waals surface area contributed by atoms with Gasteiger partial charge in [-0.3, -0.25) is 10.1 Å². The standard InChI is InChI=1S/C16H11Cl2N3O2S/c1-23-13-7-6-11(18)8-12(13)14(22)19-16-21-20-15(24-16)9-2-4-10(17)5-3-9/h2-8H,1H3,(H,19,21,22). The van der Waals surface area contributed by atoms with Crippen LogP contribution in [0.5, 0.6) is 5.75 Å². The normalized spacial score (nSPS) is 10.5. The van der Waals surface area contributed by atoms with Crippen molar-refractivity contribution in [3.05, 3.63) is 58.1 Å². The van der Waals surface area contributed by atoms with Gasteiger partial charge in [-0.1, -0.05) is 46.7 Å². The highest BCUT2D eigenvalue weighted by Crippen LogP contribution is 2.29. The van der Waals surface area contributed by atoms with Crippen LogP contribution in [0, 0.1) is 0 Å². The summed E-state index contributed by atoms with van der Waals surface area (Å²) in [4.78, 5) is 12.4. The fraction of sp³-hybridized carbons (Fsp3) is 0.0625. The van der Waals surface area contributed by atoms with E-state index >= 15 is 0 Å². The van der Waals surface area contributed by atoms with E-state index in [0.29, 0.717) is 31.5 Å². The second kappa shape index (κ2) is 7.17. The van der Waals surface area contributed by atoms with Crippen LogP contribution >= 0.6 is 34.5 Å². The van der Waals surface area contributed by atoms with E-state index < -0.39 is 0 Å². The summed E-state index contributed by atoms with van der Waals surface area (Å²) in [6.07, 6.45) is 0. The molecule has 2 aromatic carbocycles.